The molecule has 1 aliphatic heterocycles. The van der Waals surface area contributed by atoms with E-state index in [1.165, 1.54) is 12.1 Å². The van der Waals surface area contributed by atoms with Crippen LogP contribution in [0.1, 0.15) is 26.7 Å². The molecular formula is C14H16FNO4. The number of nitrogens with zero attached hydrogens (tertiary/aromatic N) is 1. The first-order chi connectivity index (χ1) is 9.49. The predicted molar refractivity (Wildman–Crippen MR) is 70.3 cm³/mol. The molecule has 1 aromatic carbocycles. The minimum absolute atomic E-state index is 0.175. The molecule has 0 aromatic heterocycles. The fraction of sp³-hybridized carbons (Fsp3) is 0.429. The number of hydrogen-bond acceptors (Lipinski definition) is 3. The first-order valence-electron chi connectivity index (χ1n) is 6.51. The number of carboxylic acid groups (broad SMARTS) is 1. The van der Waals surface area contributed by atoms with Crippen LogP contribution >= 0.6 is 0 Å². The second kappa shape index (κ2) is 5.48. The molecule has 1 aliphatic rings. The molecule has 6 heteroatoms. The van der Waals surface area contributed by atoms with Gasteiger partial charge >= 0.3 is 5.97 Å². The number of rotatable bonds is 4. The van der Waals surface area contributed by atoms with Gasteiger partial charge in [0.25, 0.3) is 5.91 Å². The van der Waals surface area contributed by atoms with Crippen LogP contribution in [0.3, 0.4) is 0 Å². The fourth-order valence-corrected chi connectivity index (χ4v) is 2.30. The Morgan fingerprint density at radius 2 is 2.20 bits per heavy atom. The number of aliphatic carboxylic acids is 1. The lowest BCUT2D eigenvalue weighted by atomic mass is 10.1. The Labute approximate surface area is 116 Å². The van der Waals surface area contributed by atoms with Crippen LogP contribution in [0.4, 0.5) is 10.1 Å². The molecule has 0 fully saturated rings. The molecule has 2 rings (SSSR count). The molecule has 2 unspecified atom stereocenters. The van der Waals surface area contributed by atoms with Crippen LogP contribution in [0.5, 0.6) is 5.75 Å². The van der Waals surface area contributed by atoms with Crippen molar-refractivity contribution in [1.82, 2.24) is 0 Å². The molecule has 108 valence electrons. The largest absolute Gasteiger partial charge is 0.480 e. The summed E-state index contributed by atoms with van der Waals surface area (Å²) in [6.45, 7) is 3.44. The van der Waals surface area contributed by atoms with Crippen molar-refractivity contribution in [2.24, 2.45) is 0 Å². The number of halogens is 1. The number of hydrogen-bond donors (Lipinski definition) is 1. The summed E-state index contributed by atoms with van der Waals surface area (Å²) in [5.41, 5.74) is 0.175. The first kappa shape index (κ1) is 14.3. The van der Waals surface area contributed by atoms with E-state index in [1.807, 2.05) is 0 Å². The topological polar surface area (TPSA) is 66.8 Å². The Kier molecular flexibility index (Phi) is 3.92. The lowest BCUT2D eigenvalue weighted by Crippen LogP contribution is -2.53. The number of fused-ring (bicyclic) bond motifs is 1. The van der Waals surface area contributed by atoms with Crippen LogP contribution in [0.25, 0.3) is 0 Å². The van der Waals surface area contributed by atoms with E-state index in [-0.39, 0.29) is 12.1 Å². The number of carbonyl (C=O) groups is 2. The highest BCUT2D eigenvalue weighted by Crippen LogP contribution is 2.37. The number of carboxylic acids is 1. The maximum atomic E-state index is 13.4. The highest BCUT2D eigenvalue weighted by molar-refractivity contribution is 6.04. The third-order valence-corrected chi connectivity index (χ3v) is 3.32. The molecule has 2 atom stereocenters. The highest BCUT2D eigenvalue weighted by atomic mass is 19.1. The van der Waals surface area contributed by atoms with Crippen molar-refractivity contribution >= 4 is 17.6 Å². The summed E-state index contributed by atoms with van der Waals surface area (Å²) in [5.74, 6) is -1.77. The Bertz CT molecular complexity index is 546. The second-order valence-corrected chi connectivity index (χ2v) is 4.60. The number of anilines is 1. The van der Waals surface area contributed by atoms with Crippen LogP contribution in [-0.2, 0) is 9.59 Å². The molecule has 20 heavy (non-hydrogen) atoms. The minimum atomic E-state index is -1.12. The molecule has 1 heterocycles. The van der Waals surface area contributed by atoms with Crippen molar-refractivity contribution in [3.05, 3.63) is 24.0 Å². The van der Waals surface area contributed by atoms with Gasteiger partial charge in [-0.2, -0.15) is 0 Å². The highest BCUT2D eigenvalue weighted by Gasteiger charge is 2.39. The third-order valence-electron chi connectivity index (χ3n) is 3.32. The van der Waals surface area contributed by atoms with Gasteiger partial charge in [0.1, 0.15) is 17.6 Å². The molecule has 0 saturated carbocycles. The SMILES string of the molecule is CCC1Oc2ccc(F)cc2N(C(CC)C(=O)O)C1=O. The number of ether oxygens (including phenoxy) is 1. The molecule has 1 aromatic rings. The van der Waals surface area contributed by atoms with Crippen LogP contribution in [0.15, 0.2) is 18.2 Å². The van der Waals surface area contributed by atoms with Gasteiger partial charge in [0, 0.05) is 6.07 Å². The molecule has 1 amide bonds. The van der Waals surface area contributed by atoms with Gasteiger partial charge in [-0.3, -0.25) is 9.69 Å². The molecule has 5 nitrogen and oxygen atoms in total. The monoisotopic (exact) mass is 281 g/mol. The summed E-state index contributed by atoms with van der Waals surface area (Å²) in [6.07, 6.45) is -0.0864. The molecule has 0 aliphatic carbocycles. The van der Waals surface area contributed by atoms with Crippen LogP contribution in [0.2, 0.25) is 0 Å². The average Bonchev–Trinajstić information content (AvgIpc) is 2.41. The molecular weight excluding hydrogens is 265 g/mol. The van der Waals surface area contributed by atoms with Gasteiger partial charge in [-0.15, -0.1) is 0 Å². The normalized spacial score (nSPS) is 19.2. The van der Waals surface area contributed by atoms with E-state index >= 15 is 0 Å². The Balaban J connectivity index is 2.55. The minimum Gasteiger partial charge on any atom is -0.480 e. The van der Waals surface area contributed by atoms with E-state index in [0.717, 1.165) is 11.0 Å². The van der Waals surface area contributed by atoms with Crippen molar-refractivity contribution in [2.45, 2.75) is 38.8 Å². The first-order valence-corrected chi connectivity index (χ1v) is 6.51. The number of benzene rings is 1. The smallest absolute Gasteiger partial charge is 0.326 e. The summed E-state index contributed by atoms with van der Waals surface area (Å²) in [4.78, 5) is 24.8. The van der Waals surface area contributed by atoms with Crippen LogP contribution in [-0.4, -0.2) is 29.1 Å². The summed E-state index contributed by atoms with van der Waals surface area (Å²) in [5, 5.41) is 9.27. The zero-order chi connectivity index (χ0) is 14.9. The van der Waals surface area contributed by atoms with E-state index in [2.05, 4.69) is 0 Å². The van der Waals surface area contributed by atoms with E-state index < -0.39 is 29.8 Å². The van der Waals surface area contributed by atoms with Crippen molar-refractivity contribution in [2.75, 3.05) is 4.90 Å². The van der Waals surface area contributed by atoms with Crippen molar-refractivity contribution in [1.29, 1.82) is 0 Å². The van der Waals surface area contributed by atoms with Gasteiger partial charge in [0.2, 0.25) is 0 Å². The maximum Gasteiger partial charge on any atom is 0.326 e. The van der Waals surface area contributed by atoms with E-state index in [4.69, 9.17) is 4.74 Å². The van der Waals surface area contributed by atoms with Gasteiger partial charge in [0.05, 0.1) is 5.69 Å². The van der Waals surface area contributed by atoms with Gasteiger partial charge in [-0.25, -0.2) is 9.18 Å². The van der Waals surface area contributed by atoms with Crippen molar-refractivity contribution < 1.29 is 23.8 Å². The summed E-state index contributed by atoms with van der Waals surface area (Å²) >= 11 is 0. The number of carbonyl (C=O) groups excluding carboxylic acids is 1. The number of amides is 1. The zero-order valence-corrected chi connectivity index (χ0v) is 11.3. The fourth-order valence-electron chi connectivity index (χ4n) is 2.30. The van der Waals surface area contributed by atoms with Gasteiger partial charge in [-0.05, 0) is 25.0 Å². The molecule has 1 N–H and O–H groups in total. The van der Waals surface area contributed by atoms with Crippen LogP contribution in [0, 0.1) is 5.82 Å². The average molecular weight is 281 g/mol. The summed E-state index contributed by atoms with van der Waals surface area (Å²) in [6, 6.07) is 2.74. The van der Waals surface area contributed by atoms with Crippen molar-refractivity contribution in [3.63, 3.8) is 0 Å². The Morgan fingerprint density at radius 1 is 1.50 bits per heavy atom. The quantitative estimate of drug-likeness (QED) is 0.918. The van der Waals surface area contributed by atoms with Gasteiger partial charge < -0.3 is 9.84 Å². The van der Waals surface area contributed by atoms with Crippen molar-refractivity contribution in [3.8, 4) is 5.75 Å². The summed E-state index contributed by atoms with van der Waals surface area (Å²) < 4.78 is 18.9. The maximum absolute atomic E-state index is 13.4. The molecule has 0 bridgehead atoms. The molecule has 0 saturated heterocycles. The lowest BCUT2D eigenvalue weighted by Gasteiger charge is -2.37. The lowest BCUT2D eigenvalue weighted by molar-refractivity contribution is -0.141. The van der Waals surface area contributed by atoms with Gasteiger partial charge in [-0.1, -0.05) is 13.8 Å². The zero-order valence-electron chi connectivity index (χ0n) is 11.3. The van der Waals surface area contributed by atoms with E-state index in [0.29, 0.717) is 12.2 Å². The van der Waals surface area contributed by atoms with Gasteiger partial charge in [0.15, 0.2) is 6.10 Å². The second-order valence-electron chi connectivity index (χ2n) is 4.60. The summed E-state index contributed by atoms with van der Waals surface area (Å²) in [7, 11) is 0. The third kappa shape index (κ3) is 2.33. The molecule has 0 radical (unpaired) electrons. The van der Waals surface area contributed by atoms with E-state index in [9.17, 15) is 19.1 Å². The van der Waals surface area contributed by atoms with E-state index in [1.54, 1.807) is 13.8 Å². The predicted octanol–water partition coefficient (Wildman–Crippen LogP) is 2.19. The molecule has 0 spiro atoms. The Morgan fingerprint density at radius 3 is 2.75 bits per heavy atom. The standard InChI is InChI=1S/C14H16FNO4/c1-3-9(14(18)19)16-10-7-8(15)5-6-12(10)20-11(4-2)13(16)17/h5-7,9,11H,3-4H2,1-2H3,(H,18,19). The van der Waals surface area contributed by atoms with Crippen LogP contribution < -0.4 is 9.64 Å². The Hall–Kier alpha value is -2.11.